The molecule has 1 heterocycles. The molecule has 0 spiro atoms. The first kappa shape index (κ1) is 13.1. The molecule has 2 N–H and O–H groups in total. The Morgan fingerprint density at radius 2 is 2.15 bits per heavy atom. The number of benzene rings is 1. The van der Waals surface area contributed by atoms with Crippen LogP contribution in [0.1, 0.15) is 39.4 Å². The molecule has 102 valence electrons. The molecule has 0 saturated carbocycles. The number of carbonyl (C=O) groups is 2. The van der Waals surface area contributed by atoms with Gasteiger partial charge in [-0.15, -0.1) is 0 Å². The van der Waals surface area contributed by atoms with E-state index in [0.29, 0.717) is 18.4 Å². The molecule has 0 unspecified atom stereocenters. The van der Waals surface area contributed by atoms with E-state index in [4.69, 9.17) is 5.73 Å². The molecule has 0 bridgehead atoms. The number of rotatable bonds is 2. The maximum atomic E-state index is 12.1. The number of ketones is 1. The summed E-state index contributed by atoms with van der Waals surface area (Å²) < 4.78 is 2.55. The maximum Gasteiger partial charge on any atom is 0.269 e. The van der Waals surface area contributed by atoms with Crippen molar-refractivity contribution in [1.82, 2.24) is 9.78 Å². The number of aromatic nitrogens is 2. The van der Waals surface area contributed by atoms with Crippen LogP contribution in [0.2, 0.25) is 0 Å². The monoisotopic (exact) mass is 333 g/mol. The van der Waals surface area contributed by atoms with Gasteiger partial charge in [-0.2, -0.15) is 5.10 Å². The van der Waals surface area contributed by atoms with Crippen LogP contribution in [-0.4, -0.2) is 21.5 Å². The SMILES string of the molecule is NC(=O)c1nn(-c2cccc(Br)c2)c2c1C(=O)CCC2. The Morgan fingerprint density at radius 3 is 2.85 bits per heavy atom. The van der Waals surface area contributed by atoms with E-state index in [9.17, 15) is 9.59 Å². The van der Waals surface area contributed by atoms with Gasteiger partial charge in [-0.25, -0.2) is 4.68 Å². The zero-order valence-corrected chi connectivity index (χ0v) is 12.2. The normalized spacial score (nSPS) is 14.2. The molecule has 1 aromatic heterocycles. The largest absolute Gasteiger partial charge is 0.364 e. The molecule has 2 aromatic rings. The summed E-state index contributed by atoms with van der Waals surface area (Å²) in [5, 5.41) is 4.25. The molecule has 1 aliphatic carbocycles. The first-order valence-electron chi connectivity index (χ1n) is 6.29. The van der Waals surface area contributed by atoms with Crippen molar-refractivity contribution in [1.29, 1.82) is 0 Å². The second-order valence-electron chi connectivity index (χ2n) is 4.70. The molecule has 0 aliphatic heterocycles. The number of nitrogens with zero attached hydrogens (tertiary/aromatic N) is 2. The fourth-order valence-corrected chi connectivity index (χ4v) is 2.90. The summed E-state index contributed by atoms with van der Waals surface area (Å²) in [6.07, 6.45) is 1.93. The second-order valence-corrected chi connectivity index (χ2v) is 5.62. The third kappa shape index (κ3) is 2.06. The molecule has 6 heteroatoms. The highest BCUT2D eigenvalue weighted by Gasteiger charge is 2.29. The Labute approximate surface area is 123 Å². The van der Waals surface area contributed by atoms with E-state index in [0.717, 1.165) is 22.3 Å². The summed E-state index contributed by atoms with van der Waals surface area (Å²) in [5.41, 5.74) is 7.39. The second kappa shape index (κ2) is 4.86. The van der Waals surface area contributed by atoms with E-state index in [2.05, 4.69) is 21.0 Å². The van der Waals surface area contributed by atoms with Crippen molar-refractivity contribution >= 4 is 27.6 Å². The molecular weight excluding hydrogens is 322 g/mol. The summed E-state index contributed by atoms with van der Waals surface area (Å²) >= 11 is 3.40. The van der Waals surface area contributed by atoms with Crippen LogP contribution in [0, 0.1) is 0 Å². The molecule has 0 atom stereocenters. The van der Waals surface area contributed by atoms with Crippen molar-refractivity contribution in [3.63, 3.8) is 0 Å². The topological polar surface area (TPSA) is 78.0 Å². The van der Waals surface area contributed by atoms with Gasteiger partial charge in [0.05, 0.1) is 16.9 Å². The summed E-state index contributed by atoms with van der Waals surface area (Å²) in [6.45, 7) is 0. The number of halogens is 1. The number of hydrogen-bond donors (Lipinski definition) is 1. The predicted octanol–water partition coefficient (Wildman–Crippen LogP) is 2.25. The standard InChI is InChI=1S/C14H12BrN3O2/c15-8-3-1-4-9(7-8)18-10-5-2-6-11(19)12(10)13(17-18)14(16)20/h1,3-4,7H,2,5-6H2,(H2,16,20). The Hall–Kier alpha value is -1.95. The van der Waals surface area contributed by atoms with Crippen LogP contribution >= 0.6 is 15.9 Å². The Kier molecular flexibility index (Phi) is 3.17. The summed E-state index contributed by atoms with van der Waals surface area (Å²) in [4.78, 5) is 23.6. The molecule has 1 aliphatic rings. The van der Waals surface area contributed by atoms with E-state index in [1.165, 1.54) is 0 Å². The molecule has 5 nitrogen and oxygen atoms in total. The van der Waals surface area contributed by atoms with Gasteiger partial charge in [0.15, 0.2) is 11.5 Å². The number of nitrogens with two attached hydrogens (primary N) is 1. The number of carbonyl (C=O) groups excluding carboxylic acids is 2. The Balaban J connectivity index is 2.25. The van der Waals surface area contributed by atoms with E-state index in [-0.39, 0.29) is 11.5 Å². The van der Waals surface area contributed by atoms with Crippen LogP contribution in [0.15, 0.2) is 28.7 Å². The number of amides is 1. The molecule has 0 saturated heterocycles. The van der Waals surface area contributed by atoms with E-state index in [1.54, 1.807) is 4.68 Å². The minimum Gasteiger partial charge on any atom is -0.364 e. The van der Waals surface area contributed by atoms with Crippen LogP contribution in [0.5, 0.6) is 0 Å². The fraction of sp³-hybridized carbons (Fsp3) is 0.214. The van der Waals surface area contributed by atoms with E-state index < -0.39 is 5.91 Å². The van der Waals surface area contributed by atoms with Crippen molar-refractivity contribution in [3.8, 4) is 5.69 Å². The van der Waals surface area contributed by atoms with Crippen molar-refractivity contribution in [2.24, 2.45) is 5.73 Å². The lowest BCUT2D eigenvalue weighted by Gasteiger charge is -2.13. The number of Topliss-reactive ketones (excluding diaryl/α,β-unsaturated/α-hetero) is 1. The maximum absolute atomic E-state index is 12.1. The molecule has 1 amide bonds. The van der Waals surface area contributed by atoms with E-state index >= 15 is 0 Å². The number of primary amides is 1. The minimum atomic E-state index is -0.662. The van der Waals surface area contributed by atoms with Gasteiger partial charge in [0.2, 0.25) is 0 Å². The van der Waals surface area contributed by atoms with Gasteiger partial charge < -0.3 is 5.73 Å². The van der Waals surface area contributed by atoms with Crippen LogP contribution in [0.3, 0.4) is 0 Å². The quantitative estimate of drug-likeness (QED) is 0.915. The molecule has 20 heavy (non-hydrogen) atoms. The van der Waals surface area contributed by atoms with Crippen molar-refractivity contribution in [2.45, 2.75) is 19.3 Å². The first-order chi connectivity index (χ1) is 9.58. The predicted molar refractivity (Wildman–Crippen MR) is 77.1 cm³/mol. The summed E-state index contributed by atoms with van der Waals surface area (Å²) in [6, 6.07) is 7.54. The van der Waals surface area contributed by atoms with Gasteiger partial charge in [-0.3, -0.25) is 9.59 Å². The highest BCUT2D eigenvalue weighted by molar-refractivity contribution is 9.10. The minimum absolute atomic E-state index is 0.0544. The van der Waals surface area contributed by atoms with Crippen molar-refractivity contribution in [3.05, 3.63) is 45.7 Å². The highest BCUT2D eigenvalue weighted by Crippen LogP contribution is 2.27. The molecule has 0 fully saturated rings. The zero-order valence-electron chi connectivity index (χ0n) is 10.6. The highest BCUT2D eigenvalue weighted by atomic mass is 79.9. The van der Waals surface area contributed by atoms with E-state index in [1.807, 2.05) is 24.3 Å². The smallest absolute Gasteiger partial charge is 0.269 e. The number of fused-ring (bicyclic) bond motifs is 1. The first-order valence-corrected chi connectivity index (χ1v) is 7.08. The van der Waals surface area contributed by atoms with Gasteiger partial charge >= 0.3 is 0 Å². The lowest BCUT2D eigenvalue weighted by molar-refractivity contribution is 0.0948. The Morgan fingerprint density at radius 1 is 1.35 bits per heavy atom. The van der Waals surface area contributed by atoms with Crippen LogP contribution in [-0.2, 0) is 6.42 Å². The zero-order chi connectivity index (χ0) is 14.3. The average Bonchev–Trinajstić information content (AvgIpc) is 2.80. The van der Waals surface area contributed by atoms with Crippen LogP contribution in [0.4, 0.5) is 0 Å². The van der Waals surface area contributed by atoms with Crippen molar-refractivity contribution in [2.75, 3.05) is 0 Å². The lowest BCUT2D eigenvalue weighted by Crippen LogP contribution is -2.18. The van der Waals surface area contributed by atoms with Gasteiger partial charge in [0.25, 0.3) is 5.91 Å². The van der Waals surface area contributed by atoms with Gasteiger partial charge in [0, 0.05) is 10.9 Å². The fourth-order valence-electron chi connectivity index (χ4n) is 2.51. The molecule has 3 rings (SSSR count). The van der Waals surface area contributed by atoms with Crippen LogP contribution < -0.4 is 5.73 Å². The molecule has 1 aromatic carbocycles. The average molecular weight is 334 g/mol. The molecule has 0 radical (unpaired) electrons. The Bertz CT molecular complexity index is 721. The summed E-state index contributed by atoms with van der Waals surface area (Å²) in [7, 11) is 0. The van der Waals surface area contributed by atoms with Gasteiger partial charge in [-0.05, 0) is 31.0 Å². The van der Waals surface area contributed by atoms with Gasteiger partial charge in [0.1, 0.15) is 0 Å². The number of hydrogen-bond acceptors (Lipinski definition) is 3. The van der Waals surface area contributed by atoms with Crippen molar-refractivity contribution < 1.29 is 9.59 Å². The summed E-state index contributed by atoms with van der Waals surface area (Å²) in [5.74, 6) is -0.716. The molecular formula is C14H12BrN3O2. The van der Waals surface area contributed by atoms with Crippen LogP contribution in [0.25, 0.3) is 5.69 Å². The third-order valence-electron chi connectivity index (χ3n) is 3.36. The third-order valence-corrected chi connectivity index (χ3v) is 3.86. The van der Waals surface area contributed by atoms with Gasteiger partial charge in [-0.1, -0.05) is 22.0 Å². The lowest BCUT2D eigenvalue weighted by atomic mass is 9.94.